The Hall–Kier alpha value is -0.650. The molecule has 2 saturated heterocycles. The molecule has 2 rings (SSSR count). The summed E-state index contributed by atoms with van der Waals surface area (Å²) in [5, 5.41) is 16.7. The van der Waals surface area contributed by atoms with E-state index in [9.17, 15) is 9.90 Å². The van der Waals surface area contributed by atoms with Crippen LogP contribution in [0.5, 0.6) is 0 Å². The van der Waals surface area contributed by atoms with Crippen LogP contribution in [0.2, 0.25) is 0 Å². The molecule has 98 valence electrons. The van der Waals surface area contributed by atoms with Gasteiger partial charge in [0, 0.05) is 19.6 Å². The summed E-state index contributed by atoms with van der Waals surface area (Å²) in [5.41, 5.74) is -1.15. The van der Waals surface area contributed by atoms with E-state index in [1.165, 1.54) is 0 Å². The fraction of sp³-hybridized carbons (Fsp3) is 0.917. The number of β-amino-alcohol motifs (C(OH)–C–C–N with tert-alkyl or cyclic N) is 1. The van der Waals surface area contributed by atoms with Crippen LogP contribution in [0.25, 0.3) is 0 Å². The zero-order valence-corrected chi connectivity index (χ0v) is 10.8. The molecule has 0 atom stereocenters. The van der Waals surface area contributed by atoms with E-state index < -0.39 is 11.1 Å². The molecule has 0 aromatic carbocycles. The van der Waals surface area contributed by atoms with Gasteiger partial charge in [0.05, 0.1) is 11.1 Å². The van der Waals surface area contributed by atoms with Crippen molar-refractivity contribution in [3.63, 3.8) is 0 Å². The smallest absolute Gasteiger partial charge is 0.240 e. The number of carbonyl (C=O) groups is 1. The maximum atomic E-state index is 11.8. The zero-order chi connectivity index (χ0) is 12.5. The van der Waals surface area contributed by atoms with Crippen molar-refractivity contribution in [2.75, 3.05) is 32.7 Å². The molecule has 0 aromatic rings. The van der Waals surface area contributed by atoms with Crippen LogP contribution in [0, 0.1) is 0 Å². The van der Waals surface area contributed by atoms with Crippen molar-refractivity contribution in [3.8, 4) is 0 Å². The molecule has 0 radical (unpaired) electrons. The van der Waals surface area contributed by atoms with E-state index in [2.05, 4.69) is 15.5 Å². The Kier molecular flexibility index (Phi) is 3.43. The number of piperidine rings is 1. The summed E-state index contributed by atoms with van der Waals surface area (Å²) in [7, 11) is 0. The van der Waals surface area contributed by atoms with E-state index in [1.807, 2.05) is 13.8 Å². The SMILES string of the molecule is CC1(C)C(=O)NCCN1CC1(O)CCNCC1. The number of amides is 1. The van der Waals surface area contributed by atoms with Gasteiger partial charge in [-0.25, -0.2) is 0 Å². The summed E-state index contributed by atoms with van der Waals surface area (Å²) in [6.07, 6.45) is 1.53. The van der Waals surface area contributed by atoms with Crippen LogP contribution in [-0.4, -0.2) is 59.8 Å². The Bertz CT molecular complexity index is 298. The predicted octanol–water partition coefficient (Wildman–Crippen LogP) is -0.689. The molecule has 3 N–H and O–H groups in total. The van der Waals surface area contributed by atoms with Gasteiger partial charge in [0.1, 0.15) is 0 Å². The first-order valence-electron chi connectivity index (χ1n) is 6.41. The second-order valence-electron chi connectivity index (χ2n) is 5.71. The molecular weight excluding hydrogens is 218 g/mol. The summed E-state index contributed by atoms with van der Waals surface area (Å²) in [5.74, 6) is 0.0567. The fourth-order valence-corrected chi connectivity index (χ4v) is 2.63. The average Bonchev–Trinajstić information content (AvgIpc) is 2.26. The molecular formula is C12H23N3O2. The van der Waals surface area contributed by atoms with Gasteiger partial charge < -0.3 is 15.7 Å². The van der Waals surface area contributed by atoms with E-state index in [-0.39, 0.29) is 5.91 Å². The summed E-state index contributed by atoms with van der Waals surface area (Å²) >= 11 is 0. The lowest BCUT2D eigenvalue weighted by molar-refractivity contribution is -0.138. The minimum Gasteiger partial charge on any atom is -0.388 e. The Balaban J connectivity index is 2.04. The number of nitrogens with zero attached hydrogens (tertiary/aromatic N) is 1. The topological polar surface area (TPSA) is 64.6 Å². The van der Waals surface area contributed by atoms with Crippen LogP contribution in [0.3, 0.4) is 0 Å². The number of hydrogen-bond acceptors (Lipinski definition) is 4. The van der Waals surface area contributed by atoms with Gasteiger partial charge in [0.25, 0.3) is 0 Å². The molecule has 17 heavy (non-hydrogen) atoms. The van der Waals surface area contributed by atoms with Crippen LogP contribution in [0.15, 0.2) is 0 Å². The van der Waals surface area contributed by atoms with E-state index in [4.69, 9.17) is 0 Å². The average molecular weight is 241 g/mol. The van der Waals surface area contributed by atoms with E-state index >= 15 is 0 Å². The third-order valence-corrected chi connectivity index (χ3v) is 4.03. The highest BCUT2D eigenvalue weighted by Crippen LogP contribution is 2.25. The molecule has 0 aromatic heterocycles. The Morgan fingerprint density at radius 3 is 2.59 bits per heavy atom. The van der Waals surface area contributed by atoms with Crippen LogP contribution >= 0.6 is 0 Å². The van der Waals surface area contributed by atoms with Gasteiger partial charge in [-0.15, -0.1) is 0 Å². The van der Waals surface area contributed by atoms with Crippen LogP contribution in [0.1, 0.15) is 26.7 Å². The standard InChI is InChI=1S/C12H23N3O2/c1-11(2)10(16)14-7-8-15(11)9-12(17)3-5-13-6-4-12/h13,17H,3-9H2,1-2H3,(H,14,16). The largest absolute Gasteiger partial charge is 0.388 e. The second kappa shape index (κ2) is 4.55. The van der Waals surface area contributed by atoms with Crippen molar-refractivity contribution in [1.29, 1.82) is 0 Å². The van der Waals surface area contributed by atoms with E-state index in [0.717, 1.165) is 32.5 Å². The number of nitrogens with one attached hydrogen (secondary N) is 2. The first kappa shape index (κ1) is 12.8. The quantitative estimate of drug-likeness (QED) is 0.599. The van der Waals surface area contributed by atoms with Gasteiger partial charge in [-0.3, -0.25) is 9.69 Å². The monoisotopic (exact) mass is 241 g/mol. The van der Waals surface area contributed by atoms with Crippen molar-refractivity contribution >= 4 is 5.91 Å². The highest BCUT2D eigenvalue weighted by Gasteiger charge is 2.42. The summed E-state index contributed by atoms with van der Waals surface area (Å²) in [6.45, 7) is 7.64. The normalized spacial score (nSPS) is 28.8. The lowest BCUT2D eigenvalue weighted by Gasteiger charge is -2.46. The molecule has 1 amide bonds. The molecule has 0 spiro atoms. The molecule has 5 nitrogen and oxygen atoms in total. The molecule has 0 unspecified atom stereocenters. The fourth-order valence-electron chi connectivity index (χ4n) is 2.63. The summed E-state index contributed by atoms with van der Waals surface area (Å²) in [6, 6.07) is 0. The van der Waals surface area contributed by atoms with E-state index in [0.29, 0.717) is 13.1 Å². The molecule has 2 aliphatic rings. The van der Waals surface area contributed by atoms with Crippen molar-refractivity contribution < 1.29 is 9.90 Å². The Labute approximate surface area is 103 Å². The van der Waals surface area contributed by atoms with Crippen molar-refractivity contribution in [2.24, 2.45) is 0 Å². The van der Waals surface area contributed by atoms with Gasteiger partial charge in [-0.1, -0.05) is 0 Å². The van der Waals surface area contributed by atoms with Crippen molar-refractivity contribution in [1.82, 2.24) is 15.5 Å². The summed E-state index contributed by atoms with van der Waals surface area (Å²) < 4.78 is 0. The number of aliphatic hydroxyl groups is 1. The maximum absolute atomic E-state index is 11.8. The highest BCUT2D eigenvalue weighted by atomic mass is 16.3. The highest BCUT2D eigenvalue weighted by molar-refractivity contribution is 5.86. The molecule has 2 aliphatic heterocycles. The molecule has 0 aliphatic carbocycles. The maximum Gasteiger partial charge on any atom is 0.240 e. The molecule has 5 heteroatoms. The Morgan fingerprint density at radius 1 is 1.29 bits per heavy atom. The third kappa shape index (κ3) is 2.61. The molecule has 0 saturated carbocycles. The first-order valence-corrected chi connectivity index (χ1v) is 6.41. The molecule has 2 heterocycles. The lowest BCUT2D eigenvalue weighted by atomic mass is 9.89. The number of piperazine rings is 1. The second-order valence-corrected chi connectivity index (χ2v) is 5.71. The zero-order valence-electron chi connectivity index (χ0n) is 10.8. The van der Waals surface area contributed by atoms with Gasteiger partial charge in [-0.2, -0.15) is 0 Å². The van der Waals surface area contributed by atoms with Gasteiger partial charge in [0.15, 0.2) is 0 Å². The van der Waals surface area contributed by atoms with E-state index in [1.54, 1.807) is 0 Å². The van der Waals surface area contributed by atoms with Crippen LogP contribution < -0.4 is 10.6 Å². The van der Waals surface area contributed by atoms with Gasteiger partial charge in [0.2, 0.25) is 5.91 Å². The van der Waals surface area contributed by atoms with Gasteiger partial charge >= 0.3 is 0 Å². The minimum atomic E-state index is -0.639. The third-order valence-electron chi connectivity index (χ3n) is 4.03. The predicted molar refractivity (Wildman–Crippen MR) is 65.7 cm³/mol. The Morgan fingerprint density at radius 2 is 1.94 bits per heavy atom. The molecule has 2 fully saturated rings. The first-order chi connectivity index (χ1) is 7.94. The number of hydrogen-bond donors (Lipinski definition) is 3. The lowest BCUT2D eigenvalue weighted by Crippen LogP contribution is -2.65. The number of rotatable bonds is 2. The van der Waals surface area contributed by atoms with Crippen molar-refractivity contribution in [3.05, 3.63) is 0 Å². The number of carbonyl (C=O) groups excluding carboxylic acids is 1. The molecule has 0 bridgehead atoms. The van der Waals surface area contributed by atoms with Crippen LogP contribution in [-0.2, 0) is 4.79 Å². The summed E-state index contributed by atoms with van der Waals surface area (Å²) in [4.78, 5) is 13.9. The minimum absolute atomic E-state index is 0.0567. The van der Waals surface area contributed by atoms with Crippen molar-refractivity contribution in [2.45, 2.75) is 37.8 Å². The van der Waals surface area contributed by atoms with Crippen LogP contribution in [0.4, 0.5) is 0 Å². The van der Waals surface area contributed by atoms with Gasteiger partial charge in [-0.05, 0) is 39.8 Å².